The van der Waals surface area contributed by atoms with Crippen LogP contribution in [0.15, 0.2) is 46.9 Å². The Bertz CT molecular complexity index is 631. The van der Waals surface area contributed by atoms with Crippen LogP contribution in [0.4, 0.5) is 0 Å². The highest BCUT2D eigenvalue weighted by Crippen LogP contribution is 2.29. The molecule has 0 fully saturated rings. The van der Waals surface area contributed by atoms with Crippen molar-refractivity contribution in [3.63, 3.8) is 0 Å². The molecule has 2 N–H and O–H groups in total. The summed E-state index contributed by atoms with van der Waals surface area (Å²) in [4.78, 5) is 0.334. The summed E-state index contributed by atoms with van der Waals surface area (Å²) in [5, 5.41) is 0. The average molecular weight is 352 g/mol. The molecule has 2 aromatic carbocycles. The third kappa shape index (κ3) is 3.49. The lowest BCUT2D eigenvalue weighted by molar-refractivity contribution is 0.284. The van der Waals surface area contributed by atoms with Gasteiger partial charge in [0.2, 0.25) is 0 Å². The summed E-state index contributed by atoms with van der Waals surface area (Å²) < 4.78 is 12.1. The molecular formula is C15H14BrNO2S. The van der Waals surface area contributed by atoms with Crippen molar-refractivity contribution >= 4 is 33.1 Å². The molecule has 0 aromatic heterocycles. The van der Waals surface area contributed by atoms with Gasteiger partial charge in [-0.15, -0.1) is 0 Å². The van der Waals surface area contributed by atoms with E-state index in [2.05, 4.69) is 15.9 Å². The molecule has 5 heteroatoms. The lowest BCUT2D eigenvalue weighted by atomic mass is 10.2. The molecule has 0 amide bonds. The van der Waals surface area contributed by atoms with Crippen LogP contribution in [0.3, 0.4) is 0 Å². The molecular weight excluding hydrogens is 338 g/mol. The SMILES string of the molecule is COc1cc(C(N)=S)ccc1OCc1ccccc1Br. The van der Waals surface area contributed by atoms with Crippen LogP contribution in [0.2, 0.25) is 0 Å². The Balaban J connectivity index is 2.17. The van der Waals surface area contributed by atoms with E-state index < -0.39 is 0 Å². The molecule has 0 aliphatic heterocycles. The summed E-state index contributed by atoms with van der Waals surface area (Å²) in [5.74, 6) is 1.27. The number of ether oxygens (including phenoxy) is 2. The Kier molecular flexibility index (Phi) is 4.98. The highest BCUT2D eigenvalue weighted by Gasteiger charge is 2.08. The van der Waals surface area contributed by atoms with Crippen molar-refractivity contribution in [3.05, 3.63) is 58.1 Å². The minimum absolute atomic E-state index is 0.334. The highest BCUT2D eigenvalue weighted by molar-refractivity contribution is 9.10. The smallest absolute Gasteiger partial charge is 0.161 e. The summed E-state index contributed by atoms with van der Waals surface area (Å²) in [6.45, 7) is 0.449. The number of rotatable bonds is 5. The van der Waals surface area contributed by atoms with E-state index in [1.165, 1.54) is 0 Å². The first kappa shape index (κ1) is 14.8. The van der Waals surface area contributed by atoms with Crippen LogP contribution in [0.1, 0.15) is 11.1 Å². The Morgan fingerprint density at radius 1 is 1.20 bits per heavy atom. The maximum Gasteiger partial charge on any atom is 0.161 e. The van der Waals surface area contributed by atoms with Crippen molar-refractivity contribution < 1.29 is 9.47 Å². The van der Waals surface area contributed by atoms with Crippen molar-refractivity contribution in [2.45, 2.75) is 6.61 Å². The predicted molar refractivity (Wildman–Crippen MR) is 87.4 cm³/mol. The fourth-order valence-electron chi connectivity index (χ4n) is 1.71. The lowest BCUT2D eigenvalue weighted by Gasteiger charge is -2.12. The molecule has 0 atom stereocenters. The molecule has 0 aliphatic carbocycles. The van der Waals surface area contributed by atoms with Crippen LogP contribution in [0, 0.1) is 0 Å². The number of nitrogens with two attached hydrogens (primary N) is 1. The minimum atomic E-state index is 0.334. The third-order valence-corrected chi connectivity index (χ3v) is 3.80. The van der Waals surface area contributed by atoms with Crippen LogP contribution >= 0.6 is 28.1 Å². The van der Waals surface area contributed by atoms with Crippen molar-refractivity contribution in [3.8, 4) is 11.5 Å². The van der Waals surface area contributed by atoms with Gasteiger partial charge >= 0.3 is 0 Å². The van der Waals surface area contributed by atoms with E-state index in [-0.39, 0.29) is 0 Å². The van der Waals surface area contributed by atoms with Gasteiger partial charge in [-0.3, -0.25) is 0 Å². The topological polar surface area (TPSA) is 44.5 Å². The molecule has 0 saturated carbocycles. The summed E-state index contributed by atoms with van der Waals surface area (Å²) in [7, 11) is 1.59. The van der Waals surface area contributed by atoms with Gasteiger partial charge in [-0.05, 0) is 24.3 Å². The Morgan fingerprint density at radius 2 is 1.95 bits per heavy atom. The predicted octanol–water partition coefficient (Wildman–Crippen LogP) is 3.67. The largest absolute Gasteiger partial charge is 0.493 e. The van der Waals surface area contributed by atoms with E-state index in [0.717, 1.165) is 15.6 Å². The van der Waals surface area contributed by atoms with Crippen LogP contribution in [0.25, 0.3) is 0 Å². The van der Waals surface area contributed by atoms with Crippen molar-refractivity contribution in [1.29, 1.82) is 0 Å². The van der Waals surface area contributed by atoms with Crippen LogP contribution in [0.5, 0.6) is 11.5 Å². The molecule has 2 aromatic rings. The Hall–Kier alpha value is -1.59. The second-order valence-electron chi connectivity index (χ2n) is 4.11. The summed E-state index contributed by atoms with van der Waals surface area (Å²) in [6.07, 6.45) is 0. The van der Waals surface area contributed by atoms with E-state index in [9.17, 15) is 0 Å². The minimum Gasteiger partial charge on any atom is -0.493 e. The van der Waals surface area contributed by atoms with Gasteiger partial charge in [0.1, 0.15) is 11.6 Å². The molecule has 0 radical (unpaired) electrons. The number of hydrogen-bond acceptors (Lipinski definition) is 3. The molecule has 0 unspecified atom stereocenters. The number of thiocarbonyl (C=S) groups is 1. The van der Waals surface area contributed by atoms with Gasteiger partial charge in [0.25, 0.3) is 0 Å². The van der Waals surface area contributed by atoms with Gasteiger partial charge in [-0.1, -0.05) is 46.3 Å². The molecule has 0 spiro atoms. The van der Waals surface area contributed by atoms with Gasteiger partial charge in [0.05, 0.1) is 7.11 Å². The maximum atomic E-state index is 5.79. The summed E-state index contributed by atoms with van der Waals surface area (Å²) >= 11 is 8.44. The number of halogens is 1. The second kappa shape index (κ2) is 6.72. The molecule has 104 valence electrons. The van der Waals surface area contributed by atoms with Crippen molar-refractivity contribution in [2.24, 2.45) is 5.73 Å². The highest BCUT2D eigenvalue weighted by atomic mass is 79.9. The average Bonchev–Trinajstić information content (AvgIpc) is 2.46. The van der Waals surface area contributed by atoms with Gasteiger partial charge in [-0.2, -0.15) is 0 Å². The molecule has 2 rings (SSSR count). The van der Waals surface area contributed by atoms with Crippen LogP contribution in [-0.2, 0) is 6.61 Å². The quantitative estimate of drug-likeness (QED) is 0.834. The molecule has 0 heterocycles. The van der Waals surface area contributed by atoms with Gasteiger partial charge in [0.15, 0.2) is 11.5 Å². The first-order chi connectivity index (χ1) is 9.61. The molecule has 3 nitrogen and oxygen atoms in total. The fraction of sp³-hybridized carbons (Fsp3) is 0.133. The van der Waals surface area contributed by atoms with E-state index in [1.807, 2.05) is 36.4 Å². The normalized spacial score (nSPS) is 10.1. The molecule has 0 saturated heterocycles. The fourth-order valence-corrected chi connectivity index (χ4v) is 2.24. The van der Waals surface area contributed by atoms with Crippen LogP contribution in [-0.4, -0.2) is 12.1 Å². The lowest BCUT2D eigenvalue weighted by Crippen LogP contribution is -2.09. The van der Waals surface area contributed by atoms with Gasteiger partial charge in [0, 0.05) is 15.6 Å². The zero-order valence-electron chi connectivity index (χ0n) is 10.9. The van der Waals surface area contributed by atoms with Crippen molar-refractivity contribution in [2.75, 3.05) is 7.11 Å². The second-order valence-corrected chi connectivity index (χ2v) is 5.40. The van der Waals surface area contributed by atoms with E-state index >= 15 is 0 Å². The van der Waals surface area contributed by atoms with Gasteiger partial charge in [-0.25, -0.2) is 0 Å². The van der Waals surface area contributed by atoms with Crippen LogP contribution < -0.4 is 15.2 Å². The first-order valence-electron chi connectivity index (χ1n) is 5.96. The standard InChI is InChI=1S/C15H14BrNO2S/c1-18-14-8-10(15(17)20)6-7-13(14)19-9-11-4-2-3-5-12(11)16/h2-8H,9H2,1H3,(H2,17,20). The molecule has 20 heavy (non-hydrogen) atoms. The summed E-state index contributed by atoms with van der Waals surface area (Å²) in [5.41, 5.74) is 7.42. The number of hydrogen-bond donors (Lipinski definition) is 1. The summed E-state index contributed by atoms with van der Waals surface area (Å²) in [6, 6.07) is 13.3. The Labute approximate surface area is 131 Å². The monoisotopic (exact) mass is 351 g/mol. The van der Waals surface area contributed by atoms with E-state index in [1.54, 1.807) is 13.2 Å². The first-order valence-corrected chi connectivity index (χ1v) is 7.16. The zero-order chi connectivity index (χ0) is 14.5. The van der Waals surface area contributed by atoms with Gasteiger partial charge < -0.3 is 15.2 Å². The third-order valence-electron chi connectivity index (χ3n) is 2.79. The van der Waals surface area contributed by atoms with Crippen molar-refractivity contribution in [1.82, 2.24) is 0 Å². The number of benzene rings is 2. The molecule has 0 bridgehead atoms. The van der Waals surface area contributed by atoms with E-state index in [0.29, 0.717) is 23.1 Å². The number of methoxy groups -OCH3 is 1. The maximum absolute atomic E-state index is 5.79. The Morgan fingerprint density at radius 3 is 2.60 bits per heavy atom. The zero-order valence-corrected chi connectivity index (χ0v) is 13.3. The molecule has 0 aliphatic rings. The van der Waals surface area contributed by atoms with E-state index in [4.69, 9.17) is 27.4 Å².